The minimum absolute atomic E-state index is 0.0351. The van der Waals surface area contributed by atoms with Crippen molar-refractivity contribution in [2.75, 3.05) is 0 Å². The van der Waals surface area contributed by atoms with Crippen molar-refractivity contribution in [1.82, 2.24) is 0 Å². The highest BCUT2D eigenvalue weighted by Gasteiger charge is 2.47. The van der Waals surface area contributed by atoms with E-state index in [1.807, 2.05) is 0 Å². The fourth-order valence-corrected chi connectivity index (χ4v) is 4.14. The SMILES string of the molecule is C[Si](C)(C)CCC(O)(c1cccc(Cl)c1)P(=O)(O)O. The van der Waals surface area contributed by atoms with E-state index >= 15 is 0 Å². The average Bonchev–Trinajstić information content (AvgIpc) is 2.23. The van der Waals surface area contributed by atoms with Crippen molar-refractivity contribution in [1.29, 1.82) is 0 Å². The first kappa shape index (κ1) is 16.9. The molecule has 0 saturated carbocycles. The van der Waals surface area contributed by atoms with Crippen LogP contribution in [0.25, 0.3) is 0 Å². The second-order valence-electron chi connectivity index (χ2n) is 5.93. The molecule has 7 heteroatoms. The van der Waals surface area contributed by atoms with Gasteiger partial charge in [0.2, 0.25) is 0 Å². The van der Waals surface area contributed by atoms with Crippen LogP contribution in [0.3, 0.4) is 0 Å². The summed E-state index contributed by atoms with van der Waals surface area (Å²) in [6.45, 7) is 6.27. The monoisotopic (exact) mass is 322 g/mol. The lowest BCUT2D eigenvalue weighted by Gasteiger charge is -2.31. The van der Waals surface area contributed by atoms with Gasteiger partial charge in [-0.25, -0.2) is 0 Å². The van der Waals surface area contributed by atoms with Crippen molar-refractivity contribution < 1.29 is 19.5 Å². The van der Waals surface area contributed by atoms with Gasteiger partial charge in [0.25, 0.3) is 0 Å². The Hall–Kier alpha value is -0.163. The fraction of sp³-hybridized carbons (Fsp3) is 0.500. The molecule has 0 aromatic heterocycles. The number of hydrogen-bond acceptors (Lipinski definition) is 2. The van der Waals surface area contributed by atoms with Crippen LogP contribution in [-0.4, -0.2) is 23.0 Å². The summed E-state index contributed by atoms with van der Waals surface area (Å²) in [5.74, 6) is 0. The molecule has 0 heterocycles. The zero-order valence-corrected chi connectivity index (χ0v) is 13.9. The average molecular weight is 323 g/mol. The molecular weight excluding hydrogens is 303 g/mol. The third-order valence-electron chi connectivity index (χ3n) is 2.99. The highest BCUT2D eigenvalue weighted by molar-refractivity contribution is 7.52. The van der Waals surface area contributed by atoms with Gasteiger partial charge >= 0.3 is 7.60 Å². The summed E-state index contributed by atoms with van der Waals surface area (Å²) < 4.78 is 11.7. The molecule has 3 N–H and O–H groups in total. The minimum Gasteiger partial charge on any atom is -0.373 e. The van der Waals surface area contributed by atoms with Crippen LogP contribution in [0.4, 0.5) is 0 Å². The predicted molar refractivity (Wildman–Crippen MR) is 80.2 cm³/mol. The van der Waals surface area contributed by atoms with Crippen LogP contribution in [0.2, 0.25) is 30.7 Å². The highest BCUT2D eigenvalue weighted by Crippen LogP contribution is 2.58. The first-order valence-electron chi connectivity index (χ1n) is 6.00. The molecule has 0 radical (unpaired) electrons. The molecule has 19 heavy (non-hydrogen) atoms. The van der Waals surface area contributed by atoms with Crippen LogP contribution in [0, 0.1) is 0 Å². The second kappa shape index (κ2) is 5.68. The summed E-state index contributed by atoms with van der Waals surface area (Å²) in [6.07, 6.45) is 0.0351. The van der Waals surface area contributed by atoms with Crippen LogP contribution in [0.1, 0.15) is 12.0 Å². The number of hydrogen-bond donors (Lipinski definition) is 3. The Labute approximate surface area is 119 Å². The van der Waals surface area contributed by atoms with Gasteiger partial charge in [0.05, 0.1) is 0 Å². The molecule has 108 valence electrons. The maximum Gasteiger partial charge on any atom is 0.361 e. The quantitative estimate of drug-likeness (QED) is 0.573. The Morgan fingerprint density at radius 3 is 2.32 bits per heavy atom. The third-order valence-corrected chi connectivity index (χ3v) is 6.42. The number of benzene rings is 1. The lowest BCUT2D eigenvalue weighted by Crippen LogP contribution is -2.30. The van der Waals surface area contributed by atoms with E-state index in [2.05, 4.69) is 19.6 Å². The van der Waals surface area contributed by atoms with Gasteiger partial charge in [0, 0.05) is 13.1 Å². The molecule has 1 rings (SSSR count). The van der Waals surface area contributed by atoms with Gasteiger partial charge in [-0.2, -0.15) is 0 Å². The van der Waals surface area contributed by atoms with Crippen LogP contribution in [-0.2, 0) is 9.91 Å². The van der Waals surface area contributed by atoms with Gasteiger partial charge in [0.1, 0.15) is 0 Å². The van der Waals surface area contributed by atoms with Gasteiger partial charge in [-0.15, -0.1) is 0 Å². The van der Waals surface area contributed by atoms with E-state index < -0.39 is 21.0 Å². The topological polar surface area (TPSA) is 77.8 Å². The summed E-state index contributed by atoms with van der Waals surface area (Å²) in [5.41, 5.74) is 0.173. The summed E-state index contributed by atoms with van der Waals surface area (Å²) in [4.78, 5) is 19.0. The zero-order chi connectivity index (χ0) is 14.9. The van der Waals surface area contributed by atoms with E-state index in [1.165, 1.54) is 12.1 Å². The predicted octanol–water partition coefficient (Wildman–Crippen LogP) is 3.39. The van der Waals surface area contributed by atoms with Crippen molar-refractivity contribution >= 4 is 27.3 Å². The van der Waals surface area contributed by atoms with Gasteiger partial charge < -0.3 is 14.9 Å². The van der Waals surface area contributed by atoms with Gasteiger partial charge in [0.15, 0.2) is 5.34 Å². The van der Waals surface area contributed by atoms with Crippen molar-refractivity contribution in [2.45, 2.75) is 37.4 Å². The Bertz CT molecular complexity index is 497. The maximum atomic E-state index is 11.7. The Morgan fingerprint density at radius 2 is 1.89 bits per heavy atom. The smallest absolute Gasteiger partial charge is 0.361 e. The molecule has 0 spiro atoms. The first-order valence-corrected chi connectivity index (χ1v) is 11.7. The maximum absolute atomic E-state index is 11.7. The van der Waals surface area contributed by atoms with Crippen molar-refractivity contribution in [3.8, 4) is 0 Å². The Balaban J connectivity index is 3.18. The lowest BCUT2D eigenvalue weighted by molar-refractivity contribution is 0.0853. The van der Waals surface area contributed by atoms with Gasteiger partial charge in [-0.05, 0) is 24.1 Å². The Kier molecular flexibility index (Phi) is 5.05. The first-order chi connectivity index (χ1) is 8.46. The van der Waals surface area contributed by atoms with Crippen molar-refractivity contribution in [3.63, 3.8) is 0 Å². The van der Waals surface area contributed by atoms with Crippen molar-refractivity contribution in [2.24, 2.45) is 0 Å². The van der Waals surface area contributed by atoms with Crippen LogP contribution < -0.4 is 0 Å². The molecule has 1 atom stereocenters. The summed E-state index contributed by atoms with van der Waals surface area (Å²) in [7, 11) is -6.23. The Morgan fingerprint density at radius 1 is 1.32 bits per heavy atom. The third kappa shape index (κ3) is 4.41. The molecule has 1 aromatic carbocycles. The largest absolute Gasteiger partial charge is 0.373 e. The van der Waals surface area contributed by atoms with Gasteiger partial charge in [-0.1, -0.05) is 49.4 Å². The minimum atomic E-state index is -4.70. The standard InChI is InChI=1S/C12H20ClO4PSi/c1-19(2,3)8-7-12(14,18(15,16)17)10-5-4-6-11(13)9-10/h4-6,9,14H,7-8H2,1-3H3,(H2,15,16,17). The van der Waals surface area contributed by atoms with E-state index in [9.17, 15) is 19.5 Å². The molecule has 0 fully saturated rings. The number of halogens is 1. The highest BCUT2D eigenvalue weighted by atomic mass is 35.5. The second-order valence-corrected chi connectivity index (χ2v) is 13.8. The molecule has 0 aliphatic heterocycles. The van der Waals surface area contributed by atoms with E-state index in [0.29, 0.717) is 11.1 Å². The van der Waals surface area contributed by atoms with Crippen LogP contribution >= 0.6 is 19.2 Å². The molecule has 4 nitrogen and oxygen atoms in total. The normalized spacial score (nSPS) is 16.2. The molecule has 0 aliphatic carbocycles. The van der Waals surface area contributed by atoms with E-state index in [4.69, 9.17) is 11.6 Å². The van der Waals surface area contributed by atoms with Crippen LogP contribution in [0.15, 0.2) is 24.3 Å². The van der Waals surface area contributed by atoms with Gasteiger partial charge in [-0.3, -0.25) is 4.57 Å². The van der Waals surface area contributed by atoms with E-state index in [0.717, 1.165) is 0 Å². The zero-order valence-electron chi connectivity index (χ0n) is 11.3. The number of rotatable bonds is 5. The lowest BCUT2D eigenvalue weighted by atomic mass is 10.1. The van der Waals surface area contributed by atoms with Crippen LogP contribution in [0.5, 0.6) is 0 Å². The summed E-state index contributed by atoms with van der Waals surface area (Å²) in [6, 6.07) is 6.69. The molecular formula is C12H20ClO4PSi. The van der Waals surface area contributed by atoms with Crippen molar-refractivity contribution in [3.05, 3.63) is 34.9 Å². The molecule has 1 unspecified atom stereocenters. The molecule has 0 aliphatic rings. The molecule has 0 bridgehead atoms. The fourth-order valence-electron chi connectivity index (χ4n) is 1.74. The molecule has 0 amide bonds. The summed E-state index contributed by atoms with van der Waals surface area (Å²) in [5, 5.41) is 8.70. The molecule has 0 saturated heterocycles. The summed E-state index contributed by atoms with van der Waals surface area (Å²) >= 11 is 5.84. The van der Waals surface area contributed by atoms with E-state index in [-0.39, 0.29) is 12.0 Å². The van der Waals surface area contributed by atoms with E-state index in [1.54, 1.807) is 12.1 Å². The number of aliphatic hydroxyl groups is 1. The molecule has 1 aromatic rings.